The zero-order valence-electron chi connectivity index (χ0n) is 12.3. The molecule has 0 saturated heterocycles. The lowest BCUT2D eigenvalue weighted by Crippen LogP contribution is -2.26. The maximum absolute atomic E-state index is 12.0. The van der Waals surface area contributed by atoms with Crippen molar-refractivity contribution in [1.29, 1.82) is 0 Å². The zero-order chi connectivity index (χ0) is 15.4. The highest BCUT2D eigenvalue weighted by molar-refractivity contribution is 7.17. The molecule has 4 heteroatoms. The van der Waals surface area contributed by atoms with Crippen molar-refractivity contribution in [2.24, 2.45) is 0 Å². The summed E-state index contributed by atoms with van der Waals surface area (Å²) in [7, 11) is 1.62. The Morgan fingerprint density at radius 2 is 1.91 bits per heavy atom. The van der Waals surface area contributed by atoms with Crippen LogP contribution in [0.4, 0.5) is 0 Å². The minimum absolute atomic E-state index is 0.0471. The molecule has 3 nitrogen and oxygen atoms in total. The Balaban J connectivity index is 1.81. The quantitative estimate of drug-likeness (QED) is 0.725. The lowest BCUT2D eigenvalue weighted by molar-refractivity contribution is 0.0941. The molecule has 1 N–H and O–H groups in total. The molecule has 0 radical (unpaired) electrons. The van der Waals surface area contributed by atoms with Crippen molar-refractivity contribution in [3.8, 4) is 10.4 Å². The van der Waals surface area contributed by atoms with E-state index in [0.29, 0.717) is 13.2 Å². The molecule has 0 spiro atoms. The van der Waals surface area contributed by atoms with E-state index in [0.717, 1.165) is 15.3 Å². The average molecular weight is 311 g/mol. The molecule has 0 aliphatic carbocycles. The van der Waals surface area contributed by atoms with Crippen molar-refractivity contribution in [3.63, 3.8) is 0 Å². The van der Waals surface area contributed by atoms with Gasteiger partial charge in [-0.3, -0.25) is 4.79 Å². The van der Waals surface area contributed by atoms with E-state index in [-0.39, 0.29) is 5.91 Å². The lowest BCUT2D eigenvalue weighted by Gasteiger charge is -2.02. The molecule has 0 saturated carbocycles. The van der Waals surface area contributed by atoms with Crippen LogP contribution in [-0.4, -0.2) is 26.2 Å². The van der Waals surface area contributed by atoms with Crippen LogP contribution in [0.1, 0.15) is 9.67 Å². The number of carbonyl (C=O) groups is 1. The van der Waals surface area contributed by atoms with Crippen molar-refractivity contribution in [1.82, 2.24) is 5.32 Å². The summed E-state index contributed by atoms with van der Waals surface area (Å²) in [6.07, 6.45) is 0. The van der Waals surface area contributed by atoms with Gasteiger partial charge in [0.1, 0.15) is 0 Å². The third-order valence-corrected chi connectivity index (χ3v) is 4.59. The van der Waals surface area contributed by atoms with E-state index in [9.17, 15) is 4.79 Å². The number of thiophene rings is 1. The van der Waals surface area contributed by atoms with Gasteiger partial charge in [0.15, 0.2) is 0 Å². The van der Waals surface area contributed by atoms with Crippen molar-refractivity contribution in [3.05, 3.63) is 59.5 Å². The standard InChI is InChI=1S/C18H17NO2S/c1-21-11-10-19-18(20)17-9-8-16(22-17)15-7-6-13-4-2-3-5-14(13)12-15/h2-9,12H,10-11H2,1H3,(H,19,20). The molecule has 0 atom stereocenters. The van der Waals surface area contributed by atoms with Crippen molar-refractivity contribution in [2.45, 2.75) is 0 Å². The van der Waals surface area contributed by atoms with Crippen molar-refractivity contribution < 1.29 is 9.53 Å². The smallest absolute Gasteiger partial charge is 0.261 e. The van der Waals surface area contributed by atoms with Gasteiger partial charge in [-0.05, 0) is 34.5 Å². The third kappa shape index (κ3) is 3.18. The van der Waals surface area contributed by atoms with Gasteiger partial charge in [-0.25, -0.2) is 0 Å². The first-order valence-electron chi connectivity index (χ1n) is 7.14. The summed E-state index contributed by atoms with van der Waals surface area (Å²) in [5, 5.41) is 5.27. The second kappa shape index (κ2) is 6.73. The number of hydrogen-bond donors (Lipinski definition) is 1. The van der Waals surface area contributed by atoms with Crippen LogP contribution < -0.4 is 5.32 Å². The number of ether oxygens (including phenoxy) is 1. The van der Waals surface area contributed by atoms with Gasteiger partial charge < -0.3 is 10.1 Å². The molecular weight excluding hydrogens is 294 g/mol. The van der Waals surface area contributed by atoms with Gasteiger partial charge in [0.2, 0.25) is 0 Å². The maximum atomic E-state index is 12.0. The van der Waals surface area contributed by atoms with Crippen LogP contribution in [0.2, 0.25) is 0 Å². The van der Waals surface area contributed by atoms with Crippen LogP contribution in [0.5, 0.6) is 0 Å². The Kier molecular flexibility index (Phi) is 4.51. The van der Waals surface area contributed by atoms with Crippen LogP contribution in [0, 0.1) is 0 Å². The molecule has 2 aromatic carbocycles. The molecule has 0 aliphatic rings. The predicted molar refractivity (Wildman–Crippen MR) is 91.5 cm³/mol. The van der Waals surface area contributed by atoms with Crippen LogP contribution in [-0.2, 0) is 4.74 Å². The van der Waals surface area contributed by atoms with E-state index in [4.69, 9.17) is 4.74 Å². The molecule has 3 aromatic rings. The molecule has 0 fully saturated rings. The molecule has 0 bridgehead atoms. The predicted octanol–water partition coefficient (Wildman–Crippen LogP) is 3.94. The van der Waals surface area contributed by atoms with Crippen molar-refractivity contribution >= 4 is 28.0 Å². The Hall–Kier alpha value is -2.17. The Labute approximate surface area is 133 Å². The Morgan fingerprint density at radius 1 is 1.09 bits per heavy atom. The number of hydrogen-bond acceptors (Lipinski definition) is 3. The van der Waals surface area contributed by atoms with E-state index in [1.807, 2.05) is 24.3 Å². The summed E-state index contributed by atoms with van der Waals surface area (Å²) in [4.78, 5) is 13.8. The minimum atomic E-state index is -0.0471. The average Bonchev–Trinajstić information content (AvgIpc) is 3.04. The summed E-state index contributed by atoms with van der Waals surface area (Å²) in [5.74, 6) is -0.0471. The highest BCUT2D eigenvalue weighted by Gasteiger charge is 2.10. The van der Waals surface area contributed by atoms with Crippen molar-refractivity contribution in [2.75, 3.05) is 20.3 Å². The number of carbonyl (C=O) groups excluding carboxylic acids is 1. The molecule has 1 heterocycles. The fraction of sp³-hybridized carbons (Fsp3) is 0.167. The van der Waals surface area contributed by atoms with E-state index in [1.54, 1.807) is 7.11 Å². The van der Waals surface area contributed by atoms with Crippen LogP contribution in [0.25, 0.3) is 21.2 Å². The van der Waals surface area contributed by atoms with Gasteiger partial charge in [0.05, 0.1) is 11.5 Å². The first-order chi connectivity index (χ1) is 10.8. The molecule has 112 valence electrons. The largest absolute Gasteiger partial charge is 0.383 e. The van der Waals surface area contributed by atoms with Crippen LogP contribution >= 0.6 is 11.3 Å². The van der Waals surface area contributed by atoms with Gasteiger partial charge in [0.25, 0.3) is 5.91 Å². The maximum Gasteiger partial charge on any atom is 0.261 e. The van der Waals surface area contributed by atoms with Gasteiger partial charge in [-0.1, -0.05) is 36.4 Å². The SMILES string of the molecule is COCCNC(=O)c1ccc(-c2ccc3ccccc3c2)s1. The Morgan fingerprint density at radius 3 is 2.73 bits per heavy atom. The van der Waals surface area contributed by atoms with Crippen LogP contribution in [0.15, 0.2) is 54.6 Å². The number of fused-ring (bicyclic) bond motifs is 1. The number of benzene rings is 2. The molecule has 0 aliphatic heterocycles. The molecule has 1 amide bonds. The van der Waals surface area contributed by atoms with E-state index >= 15 is 0 Å². The first kappa shape index (κ1) is 14.8. The molecule has 22 heavy (non-hydrogen) atoms. The monoisotopic (exact) mass is 311 g/mol. The van der Waals surface area contributed by atoms with Gasteiger partial charge in [-0.15, -0.1) is 11.3 Å². The number of methoxy groups -OCH3 is 1. The third-order valence-electron chi connectivity index (χ3n) is 3.46. The minimum Gasteiger partial charge on any atom is -0.383 e. The summed E-state index contributed by atoms with van der Waals surface area (Å²) in [5.41, 5.74) is 1.14. The van der Waals surface area contributed by atoms with E-state index in [2.05, 4.69) is 35.6 Å². The molecule has 3 rings (SSSR count). The number of nitrogens with one attached hydrogen (secondary N) is 1. The fourth-order valence-corrected chi connectivity index (χ4v) is 3.23. The fourth-order valence-electron chi connectivity index (χ4n) is 2.31. The summed E-state index contributed by atoms with van der Waals surface area (Å²) in [6.45, 7) is 1.05. The van der Waals surface area contributed by atoms with Crippen LogP contribution in [0.3, 0.4) is 0 Å². The number of amides is 1. The van der Waals surface area contributed by atoms with E-state index < -0.39 is 0 Å². The van der Waals surface area contributed by atoms with Gasteiger partial charge in [0, 0.05) is 18.5 Å². The first-order valence-corrected chi connectivity index (χ1v) is 7.96. The summed E-state index contributed by atoms with van der Waals surface area (Å²) < 4.78 is 4.93. The second-order valence-electron chi connectivity index (χ2n) is 4.97. The lowest BCUT2D eigenvalue weighted by atomic mass is 10.1. The van der Waals surface area contributed by atoms with E-state index in [1.165, 1.54) is 22.1 Å². The normalized spacial score (nSPS) is 10.8. The number of rotatable bonds is 5. The van der Waals surface area contributed by atoms with Gasteiger partial charge >= 0.3 is 0 Å². The highest BCUT2D eigenvalue weighted by Crippen LogP contribution is 2.30. The zero-order valence-corrected chi connectivity index (χ0v) is 13.2. The highest BCUT2D eigenvalue weighted by atomic mass is 32.1. The second-order valence-corrected chi connectivity index (χ2v) is 6.06. The van der Waals surface area contributed by atoms with Gasteiger partial charge in [-0.2, -0.15) is 0 Å². The molecular formula is C18H17NO2S. The Bertz CT molecular complexity index is 794. The summed E-state index contributed by atoms with van der Waals surface area (Å²) >= 11 is 1.51. The summed E-state index contributed by atoms with van der Waals surface area (Å²) in [6, 6.07) is 18.5. The molecule has 1 aromatic heterocycles. The topological polar surface area (TPSA) is 38.3 Å². The molecule has 0 unspecified atom stereocenters.